The largest absolute Gasteiger partial charge is 0.486 e. The molecule has 3 aromatic carbocycles. The van der Waals surface area contributed by atoms with E-state index in [0.717, 1.165) is 28.7 Å². The van der Waals surface area contributed by atoms with Crippen molar-refractivity contribution in [2.24, 2.45) is 0 Å². The van der Waals surface area contributed by atoms with Crippen molar-refractivity contribution in [2.45, 2.75) is 17.7 Å². The number of carbonyl (C=O) groups is 1. The standard InChI is InChI=1S/C29H30N4O5S2/c1-31(2)13-5-14-32(29-30-23-18-25-26(19-27(23)39-29)38-17-16-37-25)28(34)21-8-10-22(11-9-21)40(35,36)33-15-12-20-6-3-4-7-24(20)33/h3-4,6-11,18-19H,5,12-17H2,1-2H3. The number of fused-ring (bicyclic) bond motifs is 3. The number of ether oxygens (including phenoxy) is 2. The molecule has 0 saturated carbocycles. The second kappa shape index (κ2) is 10.7. The minimum absolute atomic E-state index is 0.158. The number of rotatable bonds is 8. The Morgan fingerprint density at radius 2 is 1.73 bits per heavy atom. The molecule has 4 aromatic rings. The normalized spacial score (nSPS) is 14.5. The lowest BCUT2D eigenvalue weighted by Gasteiger charge is -2.22. The fourth-order valence-electron chi connectivity index (χ4n) is 5.01. The highest BCUT2D eigenvalue weighted by atomic mass is 32.2. The Kier molecular flexibility index (Phi) is 7.11. The highest BCUT2D eigenvalue weighted by Gasteiger charge is 2.31. The van der Waals surface area contributed by atoms with Crippen LogP contribution in [0, 0.1) is 0 Å². The molecule has 208 valence electrons. The zero-order chi connectivity index (χ0) is 27.9. The maximum absolute atomic E-state index is 13.8. The number of anilines is 2. The summed E-state index contributed by atoms with van der Waals surface area (Å²) in [6.07, 6.45) is 1.43. The SMILES string of the molecule is CN(C)CCCN(C(=O)c1ccc(S(=O)(=O)N2CCc3ccccc32)cc1)c1nc2cc3c(cc2s1)OCCO3. The molecule has 9 nitrogen and oxygen atoms in total. The van der Waals surface area contributed by atoms with Crippen LogP contribution in [-0.4, -0.2) is 71.2 Å². The third-order valence-corrected chi connectivity index (χ3v) is 9.91. The van der Waals surface area contributed by atoms with Crippen LogP contribution < -0.4 is 18.7 Å². The van der Waals surface area contributed by atoms with Crippen molar-refractivity contribution in [1.82, 2.24) is 9.88 Å². The summed E-state index contributed by atoms with van der Waals surface area (Å²) >= 11 is 1.42. The zero-order valence-electron chi connectivity index (χ0n) is 22.4. The van der Waals surface area contributed by atoms with Gasteiger partial charge in [0.15, 0.2) is 16.6 Å². The summed E-state index contributed by atoms with van der Waals surface area (Å²) < 4.78 is 40.7. The van der Waals surface area contributed by atoms with Gasteiger partial charge in [0.05, 0.1) is 20.8 Å². The second-order valence-electron chi connectivity index (χ2n) is 10.1. The number of carbonyl (C=O) groups excluding carboxylic acids is 1. The first-order valence-corrected chi connectivity index (χ1v) is 15.4. The molecule has 0 aliphatic carbocycles. The van der Waals surface area contributed by atoms with E-state index >= 15 is 0 Å². The number of para-hydroxylation sites is 1. The van der Waals surface area contributed by atoms with Gasteiger partial charge >= 0.3 is 0 Å². The number of nitrogens with zero attached hydrogens (tertiary/aromatic N) is 4. The minimum atomic E-state index is -3.75. The lowest BCUT2D eigenvalue weighted by atomic mass is 10.2. The molecule has 11 heteroatoms. The van der Waals surface area contributed by atoms with Crippen LogP contribution in [0.3, 0.4) is 0 Å². The van der Waals surface area contributed by atoms with E-state index in [9.17, 15) is 13.2 Å². The molecule has 6 rings (SSSR count). The van der Waals surface area contributed by atoms with Crippen LogP contribution >= 0.6 is 11.3 Å². The minimum Gasteiger partial charge on any atom is -0.486 e. The van der Waals surface area contributed by atoms with Crippen molar-refractivity contribution in [3.05, 3.63) is 71.8 Å². The molecular weight excluding hydrogens is 548 g/mol. The Morgan fingerprint density at radius 1 is 1.00 bits per heavy atom. The highest BCUT2D eigenvalue weighted by Crippen LogP contribution is 2.39. The van der Waals surface area contributed by atoms with Crippen molar-refractivity contribution in [1.29, 1.82) is 0 Å². The smallest absolute Gasteiger partial charge is 0.264 e. The number of thiazole rings is 1. The first-order valence-electron chi connectivity index (χ1n) is 13.2. The molecule has 1 aromatic heterocycles. The van der Waals surface area contributed by atoms with Gasteiger partial charge in [-0.2, -0.15) is 0 Å². The number of aromatic nitrogens is 1. The van der Waals surface area contributed by atoms with E-state index in [1.165, 1.54) is 27.8 Å². The molecule has 2 aliphatic rings. The molecule has 0 bridgehead atoms. The van der Waals surface area contributed by atoms with Gasteiger partial charge in [-0.3, -0.25) is 14.0 Å². The van der Waals surface area contributed by atoms with Crippen LogP contribution in [0.1, 0.15) is 22.3 Å². The molecule has 0 N–H and O–H groups in total. The molecule has 0 unspecified atom stereocenters. The molecule has 0 radical (unpaired) electrons. The summed E-state index contributed by atoms with van der Waals surface area (Å²) in [6.45, 7) is 2.66. The molecule has 3 heterocycles. The average molecular weight is 579 g/mol. The maximum Gasteiger partial charge on any atom is 0.264 e. The van der Waals surface area contributed by atoms with Crippen molar-refractivity contribution in [2.75, 3.05) is 56.1 Å². The van der Waals surface area contributed by atoms with Gasteiger partial charge in [0.1, 0.15) is 13.2 Å². The van der Waals surface area contributed by atoms with E-state index in [4.69, 9.17) is 14.5 Å². The molecule has 40 heavy (non-hydrogen) atoms. The third kappa shape index (κ3) is 5.00. The van der Waals surface area contributed by atoms with Gasteiger partial charge in [0.2, 0.25) is 0 Å². The number of hydrogen-bond acceptors (Lipinski definition) is 8. The molecule has 2 aliphatic heterocycles. The van der Waals surface area contributed by atoms with Gasteiger partial charge in [-0.05, 0) is 69.4 Å². The second-order valence-corrected chi connectivity index (χ2v) is 12.9. The van der Waals surface area contributed by atoms with Crippen molar-refractivity contribution in [3.8, 4) is 11.5 Å². The Balaban J connectivity index is 1.28. The molecule has 1 amide bonds. The Bertz CT molecular complexity index is 1620. The van der Waals surface area contributed by atoms with Gasteiger partial charge in [-0.25, -0.2) is 13.4 Å². The molecule has 0 saturated heterocycles. The Morgan fingerprint density at radius 3 is 2.48 bits per heavy atom. The zero-order valence-corrected chi connectivity index (χ0v) is 24.0. The van der Waals surface area contributed by atoms with Gasteiger partial charge < -0.3 is 14.4 Å². The topological polar surface area (TPSA) is 92.3 Å². The number of sulfonamides is 1. The van der Waals surface area contributed by atoms with Crippen LogP contribution in [-0.2, 0) is 16.4 Å². The lowest BCUT2D eigenvalue weighted by molar-refractivity contribution is 0.0986. The number of amides is 1. The first kappa shape index (κ1) is 26.5. The van der Waals surface area contributed by atoms with Gasteiger partial charge in [-0.15, -0.1) is 0 Å². The molecule has 0 atom stereocenters. The van der Waals surface area contributed by atoms with Crippen LogP contribution in [0.5, 0.6) is 11.5 Å². The van der Waals surface area contributed by atoms with E-state index in [2.05, 4.69) is 4.90 Å². The molecule has 0 fully saturated rings. The monoisotopic (exact) mass is 578 g/mol. The summed E-state index contributed by atoms with van der Waals surface area (Å²) in [6, 6.07) is 17.5. The molecular formula is C29H30N4O5S2. The van der Waals surface area contributed by atoms with Gasteiger partial charge in [-0.1, -0.05) is 29.5 Å². The highest BCUT2D eigenvalue weighted by molar-refractivity contribution is 7.92. The van der Waals surface area contributed by atoms with Crippen molar-refractivity contribution in [3.63, 3.8) is 0 Å². The van der Waals surface area contributed by atoms with E-state index in [0.29, 0.717) is 60.6 Å². The summed E-state index contributed by atoms with van der Waals surface area (Å²) in [5.74, 6) is 1.10. The van der Waals surface area contributed by atoms with E-state index in [1.807, 2.05) is 50.5 Å². The van der Waals surface area contributed by atoms with Crippen LogP contribution in [0.4, 0.5) is 10.8 Å². The maximum atomic E-state index is 13.8. The van der Waals surface area contributed by atoms with Crippen LogP contribution in [0.25, 0.3) is 10.2 Å². The fraction of sp³-hybridized carbons (Fsp3) is 0.310. The Labute approximate surface area is 237 Å². The van der Waals surface area contributed by atoms with E-state index in [1.54, 1.807) is 17.0 Å². The summed E-state index contributed by atoms with van der Waals surface area (Å²) in [7, 11) is 0.237. The predicted molar refractivity (Wildman–Crippen MR) is 157 cm³/mol. The quantitative estimate of drug-likeness (QED) is 0.306. The van der Waals surface area contributed by atoms with Crippen LogP contribution in [0.15, 0.2) is 65.6 Å². The lowest BCUT2D eigenvalue weighted by Crippen LogP contribution is -2.33. The average Bonchev–Trinajstić information content (AvgIpc) is 3.58. The third-order valence-electron chi connectivity index (χ3n) is 7.04. The Hall–Kier alpha value is -3.67. The summed E-state index contributed by atoms with van der Waals surface area (Å²) in [5, 5.41) is 0.575. The number of hydrogen-bond donors (Lipinski definition) is 0. The molecule has 0 spiro atoms. The van der Waals surface area contributed by atoms with Crippen LogP contribution in [0.2, 0.25) is 0 Å². The fourth-order valence-corrected chi connectivity index (χ4v) is 7.51. The van der Waals surface area contributed by atoms with Gasteiger partial charge in [0, 0.05) is 30.8 Å². The summed E-state index contributed by atoms with van der Waals surface area (Å²) in [4.78, 5) is 22.5. The van der Waals surface area contributed by atoms with E-state index < -0.39 is 10.0 Å². The number of benzene rings is 3. The van der Waals surface area contributed by atoms with E-state index in [-0.39, 0.29) is 10.8 Å². The first-order chi connectivity index (χ1) is 19.3. The van der Waals surface area contributed by atoms with Gasteiger partial charge in [0.25, 0.3) is 15.9 Å². The van der Waals surface area contributed by atoms with Crippen molar-refractivity contribution >= 4 is 48.3 Å². The predicted octanol–water partition coefficient (Wildman–Crippen LogP) is 4.42. The summed E-state index contributed by atoms with van der Waals surface area (Å²) in [5.41, 5.74) is 2.86. The van der Waals surface area contributed by atoms with Crippen molar-refractivity contribution < 1.29 is 22.7 Å².